The van der Waals surface area contributed by atoms with Crippen LogP contribution in [0.5, 0.6) is 0 Å². The molecule has 0 radical (unpaired) electrons. The van der Waals surface area contributed by atoms with Crippen molar-refractivity contribution in [1.29, 1.82) is 0 Å². The number of non-ortho nitro benzene ring substituents is 1. The maximum atomic E-state index is 13.5. The van der Waals surface area contributed by atoms with E-state index in [4.69, 9.17) is 0 Å². The summed E-state index contributed by atoms with van der Waals surface area (Å²) < 4.78 is 0. The molecule has 2 fully saturated rings. The third-order valence-electron chi connectivity index (χ3n) is 7.00. The number of carbonyl (C=O) groups excluding carboxylic acids is 3. The molecule has 1 N–H and O–H groups in total. The number of hydrogen-bond acceptors (Lipinski definition) is 5. The normalized spacial score (nSPS) is 26.2. The molecule has 168 valence electrons. The van der Waals surface area contributed by atoms with Crippen LogP contribution in [0.1, 0.15) is 18.4 Å². The lowest BCUT2D eigenvalue weighted by molar-refractivity contribution is -0.384. The second-order valence-electron chi connectivity index (χ2n) is 8.89. The Kier molecular flexibility index (Phi) is 5.28. The van der Waals surface area contributed by atoms with Gasteiger partial charge in [0.05, 0.1) is 16.8 Å². The molecule has 3 aliphatic carbocycles. The number of hydrogen-bond donors (Lipinski definition) is 1. The highest BCUT2D eigenvalue weighted by atomic mass is 16.6. The molecule has 3 amide bonds. The van der Waals surface area contributed by atoms with Gasteiger partial charge in [0, 0.05) is 24.2 Å². The van der Waals surface area contributed by atoms with Gasteiger partial charge in [-0.05, 0) is 36.3 Å². The number of anilines is 1. The molecule has 1 aliphatic heterocycles. The Labute approximate surface area is 190 Å². The van der Waals surface area contributed by atoms with Gasteiger partial charge in [0.1, 0.15) is 6.04 Å². The first-order valence-electron chi connectivity index (χ1n) is 11.1. The minimum absolute atomic E-state index is 0.0265. The van der Waals surface area contributed by atoms with Crippen LogP contribution < -0.4 is 5.32 Å². The summed E-state index contributed by atoms with van der Waals surface area (Å²) in [6.07, 6.45) is 6.00. The Morgan fingerprint density at radius 3 is 2.21 bits per heavy atom. The number of nitro benzene ring substituents is 1. The van der Waals surface area contributed by atoms with Crippen LogP contribution >= 0.6 is 0 Å². The van der Waals surface area contributed by atoms with E-state index in [1.807, 2.05) is 42.5 Å². The lowest BCUT2D eigenvalue weighted by Gasteiger charge is -2.38. The molecule has 0 unspecified atom stereocenters. The monoisotopic (exact) mass is 445 g/mol. The van der Waals surface area contributed by atoms with Crippen LogP contribution in [0, 0.1) is 33.8 Å². The molecule has 2 aromatic rings. The topological polar surface area (TPSA) is 110 Å². The maximum absolute atomic E-state index is 13.5. The predicted octanol–water partition coefficient (Wildman–Crippen LogP) is 3.34. The van der Waals surface area contributed by atoms with E-state index in [-0.39, 0.29) is 41.4 Å². The van der Waals surface area contributed by atoms with Gasteiger partial charge < -0.3 is 5.32 Å². The molecule has 0 aromatic heterocycles. The van der Waals surface area contributed by atoms with Crippen LogP contribution in [0.2, 0.25) is 0 Å². The van der Waals surface area contributed by atoms with Crippen molar-refractivity contribution in [3.05, 3.63) is 82.4 Å². The zero-order valence-corrected chi connectivity index (χ0v) is 17.8. The first kappa shape index (κ1) is 21.1. The Hall–Kier alpha value is -3.81. The van der Waals surface area contributed by atoms with Crippen LogP contribution in [-0.2, 0) is 20.8 Å². The van der Waals surface area contributed by atoms with Gasteiger partial charge in [-0.15, -0.1) is 0 Å². The molecule has 0 spiro atoms. The third-order valence-corrected chi connectivity index (χ3v) is 7.00. The van der Waals surface area contributed by atoms with Crippen molar-refractivity contribution in [3.8, 4) is 0 Å². The molecule has 1 saturated carbocycles. The smallest absolute Gasteiger partial charge is 0.271 e. The number of allylic oxidation sites excluding steroid dienone is 2. The van der Waals surface area contributed by atoms with E-state index in [0.29, 0.717) is 0 Å². The van der Waals surface area contributed by atoms with Gasteiger partial charge in [-0.3, -0.25) is 29.4 Å². The van der Waals surface area contributed by atoms with E-state index in [9.17, 15) is 24.5 Å². The average Bonchev–Trinajstić information content (AvgIpc) is 3.11. The first-order valence-corrected chi connectivity index (χ1v) is 11.1. The fraction of sp³-hybridized carbons (Fsp3) is 0.320. The van der Waals surface area contributed by atoms with E-state index in [1.54, 1.807) is 6.07 Å². The highest BCUT2D eigenvalue weighted by Crippen LogP contribution is 2.50. The van der Waals surface area contributed by atoms with Gasteiger partial charge in [-0.25, -0.2) is 0 Å². The van der Waals surface area contributed by atoms with Gasteiger partial charge in [0.25, 0.3) is 5.69 Å². The number of benzene rings is 2. The van der Waals surface area contributed by atoms with Crippen LogP contribution in [0.25, 0.3) is 0 Å². The minimum atomic E-state index is -1.04. The number of nitro groups is 1. The van der Waals surface area contributed by atoms with E-state index in [2.05, 4.69) is 5.32 Å². The van der Waals surface area contributed by atoms with Crippen LogP contribution in [0.3, 0.4) is 0 Å². The van der Waals surface area contributed by atoms with Crippen molar-refractivity contribution in [2.24, 2.45) is 23.7 Å². The number of fused-ring (bicyclic) bond motifs is 1. The third kappa shape index (κ3) is 3.71. The summed E-state index contributed by atoms with van der Waals surface area (Å²) in [4.78, 5) is 52.1. The van der Waals surface area contributed by atoms with E-state index >= 15 is 0 Å². The maximum Gasteiger partial charge on any atom is 0.271 e. The fourth-order valence-corrected chi connectivity index (χ4v) is 5.47. The fourth-order valence-electron chi connectivity index (χ4n) is 5.47. The number of nitrogens with zero attached hydrogens (tertiary/aromatic N) is 2. The Balaban J connectivity index is 1.47. The minimum Gasteiger partial charge on any atom is -0.324 e. The summed E-state index contributed by atoms with van der Waals surface area (Å²) in [7, 11) is 0. The summed E-state index contributed by atoms with van der Waals surface area (Å²) in [6, 6.07) is 13.8. The highest BCUT2D eigenvalue weighted by molar-refractivity contribution is 6.10. The molecule has 2 aromatic carbocycles. The molecule has 4 aliphatic rings. The van der Waals surface area contributed by atoms with Gasteiger partial charge in [-0.1, -0.05) is 48.6 Å². The van der Waals surface area contributed by atoms with Crippen LogP contribution in [0.4, 0.5) is 11.4 Å². The summed E-state index contributed by atoms with van der Waals surface area (Å²) in [5.41, 5.74) is 0.896. The Morgan fingerprint density at radius 2 is 1.64 bits per heavy atom. The van der Waals surface area contributed by atoms with E-state index in [0.717, 1.165) is 23.3 Å². The van der Waals surface area contributed by atoms with Crippen molar-refractivity contribution in [2.45, 2.75) is 25.3 Å². The van der Waals surface area contributed by atoms with Gasteiger partial charge in [-0.2, -0.15) is 0 Å². The molecular weight excluding hydrogens is 422 g/mol. The highest BCUT2D eigenvalue weighted by Gasteiger charge is 2.58. The zero-order valence-electron chi connectivity index (χ0n) is 17.8. The van der Waals surface area contributed by atoms with E-state index < -0.39 is 28.7 Å². The van der Waals surface area contributed by atoms with Crippen LogP contribution in [-0.4, -0.2) is 33.6 Å². The summed E-state index contributed by atoms with van der Waals surface area (Å²) >= 11 is 0. The van der Waals surface area contributed by atoms with Crippen molar-refractivity contribution in [2.75, 3.05) is 5.32 Å². The molecule has 8 nitrogen and oxygen atoms in total. The predicted molar refractivity (Wildman–Crippen MR) is 120 cm³/mol. The van der Waals surface area contributed by atoms with Crippen molar-refractivity contribution < 1.29 is 19.3 Å². The quantitative estimate of drug-likeness (QED) is 0.317. The second-order valence-corrected chi connectivity index (χ2v) is 8.89. The number of nitrogens with one attached hydrogen (secondary N) is 1. The first-order chi connectivity index (χ1) is 15.9. The number of likely N-dealkylation sites (tertiary alicyclic amines) is 1. The van der Waals surface area contributed by atoms with Crippen molar-refractivity contribution in [1.82, 2.24) is 4.90 Å². The molecule has 1 saturated heterocycles. The number of amides is 3. The zero-order chi connectivity index (χ0) is 23.1. The summed E-state index contributed by atoms with van der Waals surface area (Å²) in [5, 5.41) is 13.8. The molecule has 33 heavy (non-hydrogen) atoms. The van der Waals surface area contributed by atoms with Gasteiger partial charge in [0.2, 0.25) is 17.7 Å². The Morgan fingerprint density at radius 1 is 1.00 bits per heavy atom. The number of imide groups is 1. The van der Waals surface area contributed by atoms with E-state index in [1.165, 1.54) is 18.2 Å². The molecule has 5 atom stereocenters. The number of carbonyl (C=O) groups is 3. The summed E-state index contributed by atoms with van der Waals surface area (Å²) in [5.74, 6) is -1.90. The van der Waals surface area contributed by atoms with Crippen molar-refractivity contribution >= 4 is 29.1 Å². The molecule has 6 rings (SSSR count). The SMILES string of the molecule is O=C(Nc1cccc([N+](=O)[O-])c1)[C@H](Cc1ccccc1)N1C(=O)[C@@H]2[C@H](C1=O)[C@H]1C=C[C@H]2CC1. The van der Waals surface area contributed by atoms with Crippen molar-refractivity contribution in [3.63, 3.8) is 0 Å². The Bertz CT molecular complexity index is 1130. The number of rotatable bonds is 6. The van der Waals surface area contributed by atoms with Gasteiger partial charge >= 0.3 is 0 Å². The molecule has 1 heterocycles. The lowest BCUT2D eigenvalue weighted by atomic mass is 9.63. The average molecular weight is 445 g/mol. The largest absolute Gasteiger partial charge is 0.324 e. The van der Waals surface area contributed by atoms with Gasteiger partial charge in [0.15, 0.2) is 0 Å². The second kappa shape index (κ2) is 8.27. The molecule has 2 bridgehead atoms. The summed E-state index contributed by atoms with van der Waals surface area (Å²) in [6.45, 7) is 0. The molecular formula is C25H23N3O5. The lowest BCUT2D eigenvalue weighted by Crippen LogP contribution is -2.49. The molecule has 8 heteroatoms. The standard InChI is InChI=1S/C25H23N3O5/c29-23(26-18-7-4-8-19(14-18)28(32)33)20(13-15-5-2-1-3-6-15)27-24(30)21-16-9-10-17(12-11-16)22(21)25(27)31/h1-10,14,16-17,20-22H,11-13H2,(H,26,29)/t16-,17-,20-,21-,22+/m0/s1. The van der Waals surface area contributed by atoms with Crippen LogP contribution in [0.15, 0.2) is 66.7 Å².